The highest BCUT2D eigenvalue weighted by Crippen LogP contribution is 2.30. The quantitative estimate of drug-likeness (QED) is 0.795. The second-order valence-electron chi connectivity index (χ2n) is 3.87. The van der Waals surface area contributed by atoms with E-state index in [1.54, 1.807) is 0 Å². The maximum absolute atomic E-state index is 12.6. The van der Waals surface area contributed by atoms with Crippen molar-refractivity contribution in [1.29, 1.82) is 0 Å². The number of hydrogen-bond donors (Lipinski definition) is 0. The highest BCUT2D eigenvalue weighted by atomic mass is 35.5. The predicted octanol–water partition coefficient (Wildman–Crippen LogP) is 3.32. The third kappa shape index (κ3) is 2.63. The number of nitrogens with zero attached hydrogens (tertiary/aromatic N) is 2. The van der Waals surface area contributed by atoms with Gasteiger partial charge in [-0.25, -0.2) is 0 Å². The van der Waals surface area contributed by atoms with Gasteiger partial charge in [-0.1, -0.05) is 23.7 Å². The molecule has 0 unspecified atom stereocenters. The molecule has 100 valence electrons. The number of carbonyl (C=O) groups excluding carboxylic acids is 1. The molecule has 3 nitrogen and oxygen atoms in total. The Bertz CT molecular complexity index is 615. The van der Waals surface area contributed by atoms with Crippen molar-refractivity contribution in [2.75, 3.05) is 0 Å². The highest BCUT2D eigenvalue weighted by Gasteiger charge is 2.31. The minimum atomic E-state index is -4.49. The van der Waals surface area contributed by atoms with Crippen LogP contribution in [0.1, 0.15) is 21.6 Å². The van der Waals surface area contributed by atoms with Crippen LogP contribution in [0.2, 0.25) is 5.02 Å². The first-order chi connectivity index (χ1) is 8.80. The molecule has 0 aliphatic rings. The van der Waals surface area contributed by atoms with Crippen LogP contribution in [0.5, 0.6) is 0 Å². The number of aryl methyl sites for hydroxylation is 1. The molecular formula is C12H8ClF3N2O. The molecule has 0 N–H and O–H groups in total. The molecular weight excluding hydrogens is 281 g/mol. The molecule has 1 aromatic heterocycles. The summed E-state index contributed by atoms with van der Waals surface area (Å²) in [5.41, 5.74) is -0.905. The van der Waals surface area contributed by atoms with E-state index in [0.717, 1.165) is 12.1 Å². The van der Waals surface area contributed by atoms with Gasteiger partial charge in [0.15, 0.2) is 0 Å². The van der Waals surface area contributed by atoms with Crippen LogP contribution in [0.15, 0.2) is 30.5 Å². The minimum Gasteiger partial charge on any atom is -0.287 e. The summed E-state index contributed by atoms with van der Waals surface area (Å²) in [6, 6.07) is 4.19. The van der Waals surface area contributed by atoms with Gasteiger partial charge in [0, 0.05) is 12.6 Å². The second-order valence-corrected chi connectivity index (χ2v) is 4.28. The molecule has 0 aliphatic heterocycles. The zero-order chi connectivity index (χ0) is 14.2. The summed E-state index contributed by atoms with van der Waals surface area (Å²) in [5.74, 6) is -0.601. The molecule has 1 heterocycles. The smallest absolute Gasteiger partial charge is 0.287 e. The molecule has 7 heteroatoms. The van der Waals surface area contributed by atoms with Crippen molar-refractivity contribution in [2.45, 2.75) is 6.18 Å². The first-order valence-corrected chi connectivity index (χ1v) is 5.58. The van der Waals surface area contributed by atoms with E-state index < -0.39 is 17.5 Å². The van der Waals surface area contributed by atoms with Gasteiger partial charge >= 0.3 is 6.18 Å². The molecule has 0 saturated heterocycles. The number of halogens is 4. The van der Waals surface area contributed by atoms with Gasteiger partial charge in [-0.3, -0.25) is 9.48 Å². The minimum absolute atomic E-state index is 0.0565. The summed E-state index contributed by atoms with van der Waals surface area (Å²) in [4.78, 5) is 12.1. The average Bonchev–Trinajstić information content (AvgIpc) is 2.67. The van der Waals surface area contributed by atoms with Crippen molar-refractivity contribution in [3.8, 4) is 0 Å². The number of hydrogen-bond acceptors (Lipinski definition) is 2. The van der Waals surface area contributed by atoms with E-state index in [1.807, 2.05) is 0 Å². The van der Waals surface area contributed by atoms with Gasteiger partial charge in [-0.15, -0.1) is 0 Å². The Hall–Kier alpha value is -1.82. The Morgan fingerprint density at radius 2 is 2.05 bits per heavy atom. The fourth-order valence-electron chi connectivity index (χ4n) is 1.64. The second kappa shape index (κ2) is 4.70. The van der Waals surface area contributed by atoms with Crippen LogP contribution in [-0.4, -0.2) is 15.6 Å². The summed E-state index contributed by atoms with van der Waals surface area (Å²) in [5, 5.41) is 3.88. The maximum atomic E-state index is 12.6. The van der Waals surface area contributed by atoms with Crippen LogP contribution in [0.25, 0.3) is 0 Å². The average molecular weight is 289 g/mol. The number of ketones is 1. The third-order valence-corrected chi connectivity index (χ3v) is 2.84. The monoisotopic (exact) mass is 288 g/mol. The lowest BCUT2D eigenvalue weighted by molar-refractivity contribution is -0.137. The fourth-order valence-corrected chi connectivity index (χ4v) is 1.89. The SMILES string of the molecule is Cn1ncc(Cl)c1C(=O)c1cccc(C(F)(F)F)c1. The van der Waals surface area contributed by atoms with E-state index in [9.17, 15) is 18.0 Å². The van der Waals surface area contributed by atoms with Gasteiger partial charge < -0.3 is 0 Å². The number of benzene rings is 1. The first kappa shape index (κ1) is 13.6. The molecule has 19 heavy (non-hydrogen) atoms. The van der Waals surface area contributed by atoms with E-state index in [-0.39, 0.29) is 16.3 Å². The van der Waals surface area contributed by atoms with Gasteiger partial charge in [0.2, 0.25) is 5.78 Å². The van der Waals surface area contributed by atoms with Crippen molar-refractivity contribution in [3.05, 3.63) is 52.3 Å². The summed E-state index contributed by atoms with van der Waals surface area (Å²) >= 11 is 5.79. The molecule has 0 atom stereocenters. The van der Waals surface area contributed by atoms with Crippen LogP contribution in [0, 0.1) is 0 Å². The van der Waals surface area contributed by atoms with Crippen LogP contribution in [0.3, 0.4) is 0 Å². The Balaban J connectivity index is 2.46. The predicted molar refractivity (Wildman–Crippen MR) is 63.1 cm³/mol. The van der Waals surface area contributed by atoms with Crippen molar-refractivity contribution >= 4 is 17.4 Å². The van der Waals surface area contributed by atoms with Crippen LogP contribution >= 0.6 is 11.6 Å². The number of aromatic nitrogens is 2. The Kier molecular flexibility index (Phi) is 3.36. The van der Waals surface area contributed by atoms with Gasteiger partial charge in [-0.05, 0) is 12.1 Å². The topological polar surface area (TPSA) is 34.9 Å². The molecule has 0 amide bonds. The number of carbonyl (C=O) groups is 1. The lowest BCUT2D eigenvalue weighted by atomic mass is 10.0. The van der Waals surface area contributed by atoms with Crippen LogP contribution in [-0.2, 0) is 13.2 Å². The lowest BCUT2D eigenvalue weighted by Crippen LogP contribution is -2.11. The largest absolute Gasteiger partial charge is 0.416 e. The van der Waals surface area contributed by atoms with E-state index in [2.05, 4.69) is 5.10 Å². The summed E-state index contributed by atoms with van der Waals surface area (Å²) in [6.45, 7) is 0. The van der Waals surface area contributed by atoms with Crippen molar-refractivity contribution < 1.29 is 18.0 Å². The zero-order valence-corrected chi connectivity index (χ0v) is 10.5. The molecule has 0 saturated carbocycles. The summed E-state index contributed by atoms with van der Waals surface area (Å²) < 4.78 is 39.0. The van der Waals surface area contributed by atoms with Crippen molar-refractivity contribution in [1.82, 2.24) is 9.78 Å². The zero-order valence-electron chi connectivity index (χ0n) is 9.70. The molecule has 0 spiro atoms. The van der Waals surface area contributed by atoms with E-state index in [0.29, 0.717) is 0 Å². The standard InChI is InChI=1S/C12H8ClF3N2O/c1-18-10(9(13)6-17-18)11(19)7-3-2-4-8(5-7)12(14,15)16/h2-6H,1H3. The Morgan fingerprint density at radius 1 is 1.37 bits per heavy atom. The van der Waals surface area contributed by atoms with E-state index in [1.165, 1.54) is 30.1 Å². The van der Waals surface area contributed by atoms with E-state index in [4.69, 9.17) is 11.6 Å². The van der Waals surface area contributed by atoms with Gasteiger partial charge in [0.1, 0.15) is 5.69 Å². The summed E-state index contributed by atoms with van der Waals surface area (Å²) in [7, 11) is 1.49. The maximum Gasteiger partial charge on any atom is 0.416 e. The first-order valence-electron chi connectivity index (χ1n) is 5.20. The van der Waals surface area contributed by atoms with Crippen LogP contribution in [0.4, 0.5) is 13.2 Å². The van der Waals surface area contributed by atoms with Crippen molar-refractivity contribution in [2.24, 2.45) is 7.05 Å². The molecule has 2 aromatic rings. The van der Waals surface area contributed by atoms with Crippen molar-refractivity contribution in [3.63, 3.8) is 0 Å². The normalized spacial score (nSPS) is 11.6. The summed E-state index contributed by atoms with van der Waals surface area (Å²) in [6.07, 6.45) is -3.23. The van der Waals surface area contributed by atoms with E-state index >= 15 is 0 Å². The lowest BCUT2D eigenvalue weighted by Gasteiger charge is -2.08. The Morgan fingerprint density at radius 3 is 2.58 bits per heavy atom. The molecule has 0 fully saturated rings. The number of rotatable bonds is 2. The molecule has 0 radical (unpaired) electrons. The van der Waals surface area contributed by atoms with Gasteiger partial charge in [-0.2, -0.15) is 18.3 Å². The van der Waals surface area contributed by atoms with Gasteiger partial charge in [0.05, 0.1) is 16.8 Å². The number of alkyl halides is 3. The molecule has 2 rings (SSSR count). The third-order valence-electron chi connectivity index (χ3n) is 2.56. The molecule has 0 bridgehead atoms. The Labute approximate surface area is 111 Å². The fraction of sp³-hybridized carbons (Fsp3) is 0.167. The molecule has 0 aliphatic carbocycles. The highest BCUT2D eigenvalue weighted by molar-refractivity contribution is 6.34. The molecule has 1 aromatic carbocycles. The van der Waals surface area contributed by atoms with Gasteiger partial charge in [0.25, 0.3) is 0 Å². The van der Waals surface area contributed by atoms with Crippen LogP contribution < -0.4 is 0 Å².